The van der Waals surface area contributed by atoms with Crippen molar-refractivity contribution >= 4 is 58.4 Å². The largest absolute Gasteiger partial charge is 0.483 e. The van der Waals surface area contributed by atoms with Crippen molar-refractivity contribution in [1.29, 1.82) is 0 Å². The molecule has 0 fully saturated rings. The maximum atomic E-state index is 7.08. The lowest BCUT2D eigenvalue weighted by Crippen LogP contribution is -2.61. The third-order valence-corrected chi connectivity index (χ3v) is 6.59. The highest BCUT2D eigenvalue weighted by molar-refractivity contribution is 6.94. The molecule has 31 heavy (non-hydrogen) atoms. The minimum Gasteiger partial charge on any atom is -0.483 e. The molecule has 3 nitrogen and oxygen atoms in total. The standard InChI is InChI=1S/C26H22B2N2O/c1-29-23-15-7-3-11-19(23)27(20-12-4-8-16-24(20)29)31-28-21-13-5-9-17-25(21)30(2)26-18-10-6-14-22(26)28/h3-18H,1-2H3. The predicted octanol–water partition coefficient (Wildman–Crippen LogP) is 2.78. The Bertz CT molecular complexity index is 1100. The molecule has 0 atom stereocenters. The number of fused-ring (bicyclic) bond motifs is 4. The van der Waals surface area contributed by atoms with Gasteiger partial charge in [-0.3, -0.25) is 0 Å². The van der Waals surface area contributed by atoms with Crippen LogP contribution in [0.4, 0.5) is 22.7 Å². The Morgan fingerprint density at radius 2 is 0.710 bits per heavy atom. The molecule has 0 saturated heterocycles. The van der Waals surface area contributed by atoms with Crippen LogP contribution in [-0.2, 0) is 4.57 Å². The molecule has 0 unspecified atom stereocenters. The van der Waals surface area contributed by atoms with E-state index in [0.29, 0.717) is 0 Å². The molecule has 6 rings (SSSR count). The van der Waals surface area contributed by atoms with Gasteiger partial charge in [0.15, 0.2) is 0 Å². The third-order valence-electron chi connectivity index (χ3n) is 6.59. The molecule has 2 aliphatic heterocycles. The van der Waals surface area contributed by atoms with E-state index in [-0.39, 0.29) is 13.8 Å². The van der Waals surface area contributed by atoms with Gasteiger partial charge < -0.3 is 14.4 Å². The molecule has 0 bridgehead atoms. The van der Waals surface area contributed by atoms with Gasteiger partial charge in [0.2, 0.25) is 0 Å². The van der Waals surface area contributed by atoms with Crippen molar-refractivity contribution in [3.05, 3.63) is 97.1 Å². The van der Waals surface area contributed by atoms with E-state index in [1.165, 1.54) is 44.6 Å². The highest BCUT2D eigenvalue weighted by atomic mass is 16.4. The minimum atomic E-state index is -0.141. The van der Waals surface area contributed by atoms with E-state index in [9.17, 15) is 0 Å². The Morgan fingerprint density at radius 1 is 0.452 bits per heavy atom. The monoisotopic (exact) mass is 400 g/mol. The van der Waals surface area contributed by atoms with E-state index in [4.69, 9.17) is 4.57 Å². The van der Waals surface area contributed by atoms with Crippen LogP contribution in [0.25, 0.3) is 0 Å². The zero-order chi connectivity index (χ0) is 20.9. The van der Waals surface area contributed by atoms with Gasteiger partial charge in [0.25, 0.3) is 0 Å². The van der Waals surface area contributed by atoms with Gasteiger partial charge in [0.1, 0.15) is 0 Å². The van der Waals surface area contributed by atoms with E-state index in [1.807, 2.05) is 0 Å². The normalized spacial score (nSPS) is 14.0. The number of benzene rings is 4. The van der Waals surface area contributed by atoms with Gasteiger partial charge in [-0.15, -0.1) is 0 Å². The summed E-state index contributed by atoms with van der Waals surface area (Å²) in [7, 11) is 4.27. The fourth-order valence-electron chi connectivity index (χ4n) is 5.08. The lowest BCUT2D eigenvalue weighted by Gasteiger charge is -2.38. The van der Waals surface area contributed by atoms with Gasteiger partial charge in [-0.1, -0.05) is 72.8 Å². The zero-order valence-corrected chi connectivity index (χ0v) is 17.7. The number of hydrogen-bond donors (Lipinski definition) is 0. The van der Waals surface area contributed by atoms with Gasteiger partial charge in [-0.25, -0.2) is 0 Å². The Labute approximate surface area is 184 Å². The quantitative estimate of drug-likeness (QED) is 0.482. The van der Waals surface area contributed by atoms with E-state index in [2.05, 4.69) is 121 Å². The molecule has 0 radical (unpaired) electrons. The number of rotatable bonds is 2. The van der Waals surface area contributed by atoms with Crippen LogP contribution in [0, 0.1) is 0 Å². The summed E-state index contributed by atoms with van der Waals surface area (Å²) in [5.74, 6) is 0. The molecule has 148 valence electrons. The third kappa shape index (κ3) is 2.74. The fourth-order valence-corrected chi connectivity index (χ4v) is 5.08. The number of hydrogen-bond acceptors (Lipinski definition) is 3. The molecular weight excluding hydrogens is 378 g/mol. The summed E-state index contributed by atoms with van der Waals surface area (Å²) in [5, 5.41) is 0. The molecule has 0 spiro atoms. The van der Waals surface area contributed by atoms with Gasteiger partial charge in [-0.05, 0) is 46.1 Å². The van der Waals surface area contributed by atoms with Crippen molar-refractivity contribution in [1.82, 2.24) is 0 Å². The second-order valence-corrected chi connectivity index (χ2v) is 8.25. The summed E-state index contributed by atoms with van der Waals surface area (Å²) >= 11 is 0. The highest BCUT2D eigenvalue weighted by Gasteiger charge is 2.40. The molecule has 0 aromatic heterocycles. The molecule has 0 amide bonds. The van der Waals surface area contributed by atoms with Crippen molar-refractivity contribution in [3.63, 3.8) is 0 Å². The molecule has 0 N–H and O–H groups in total. The maximum absolute atomic E-state index is 7.08. The SMILES string of the molecule is CN1c2ccccc2B(OB2c3ccccc3N(C)c3ccccc32)c2ccccc21. The van der Waals surface area contributed by atoms with Crippen LogP contribution in [0.5, 0.6) is 0 Å². The van der Waals surface area contributed by atoms with Gasteiger partial charge in [0.05, 0.1) is 0 Å². The molecule has 2 aliphatic rings. The summed E-state index contributed by atoms with van der Waals surface area (Å²) in [4.78, 5) is 4.53. The van der Waals surface area contributed by atoms with Crippen LogP contribution in [-0.4, -0.2) is 27.9 Å². The smallest absolute Gasteiger partial charge is 0.351 e. The van der Waals surface area contributed by atoms with Crippen LogP contribution in [0.1, 0.15) is 0 Å². The van der Waals surface area contributed by atoms with Crippen molar-refractivity contribution < 1.29 is 4.57 Å². The average Bonchev–Trinajstić information content (AvgIpc) is 2.84. The molecule has 0 saturated carbocycles. The van der Waals surface area contributed by atoms with Crippen LogP contribution >= 0.6 is 0 Å². The first-order valence-electron chi connectivity index (χ1n) is 10.7. The summed E-state index contributed by atoms with van der Waals surface area (Å²) in [5.41, 5.74) is 9.60. The van der Waals surface area contributed by atoms with Crippen LogP contribution in [0.2, 0.25) is 0 Å². The first-order chi connectivity index (χ1) is 15.2. The summed E-state index contributed by atoms with van der Waals surface area (Å²) < 4.78 is 7.08. The van der Waals surface area contributed by atoms with E-state index in [0.717, 1.165) is 0 Å². The molecule has 2 heterocycles. The highest BCUT2D eigenvalue weighted by Crippen LogP contribution is 2.29. The number of nitrogens with zero attached hydrogens (tertiary/aromatic N) is 2. The summed E-state index contributed by atoms with van der Waals surface area (Å²) in [6.07, 6.45) is 0. The van der Waals surface area contributed by atoms with Crippen LogP contribution in [0.15, 0.2) is 97.1 Å². The first kappa shape index (κ1) is 18.3. The van der Waals surface area contributed by atoms with Crippen molar-refractivity contribution in [2.75, 3.05) is 23.9 Å². The average molecular weight is 400 g/mol. The Kier molecular flexibility index (Phi) is 4.18. The molecule has 5 heteroatoms. The second kappa shape index (κ2) is 7.07. The van der Waals surface area contributed by atoms with E-state index >= 15 is 0 Å². The fraction of sp³-hybridized carbons (Fsp3) is 0.0769. The maximum Gasteiger partial charge on any atom is 0.351 e. The lowest BCUT2D eigenvalue weighted by molar-refractivity contribution is 0.632. The lowest BCUT2D eigenvalue weighted by atomic mass is 9.45. The topological polar surface area (TPSA) is 15.7 Å². The van der Waals surface area contributed by atoms with Gasteiger partial charge >= 0.3 is 13.8 Å². The number of anilines is 4. The Balaban J connectivity index is 1.53. The molecular formula is C26H22B2N2O. The molecule has 4 aromatic rings. The predicted molar refractivity (Wildman–Crippen MR) is 133 cm³/mol. The van der Waals surface area contributed by atoms with E-state index < -0.39 is 0 Å². The van der Waals surface area contributed by atoms with Crippen LogP contribution in [0.3, 0.4) is 0 Å². The molecule has 4 aromatic carbocycles. The van der Waals surface area contributed by atoms with Crippen molar-refractivity contribution in [2.24, 2.45) is 0 Å². The first-order valence-corrected chi connectivity index (χ1v) is 10.7. The summed E-state index contributed by atoms with van der Waals surface area (Å²) in [6.45, 7) is -0.281. The molecule has 0 aliphatic carbocycles. The zero-order valence-electron chi connectivity index (χ0n) is 17.7. The number of para-hydroxylation sites is 4. The summed E-state index contributed by atoms with van der Waals surface area (Å²) in [6, 6.07) is 34.3. The minimum absolute atomic E-state index is 0.141. The van der Waals surface area contributed by atoms with E-state index in [1.54, 1.807) is 0 Å². The van der Waals surface area contributed by atoms with Crippen molar-refractivity contribution in [3.8, 4) is 0 Å². The Morgan fingerprint density at radius 3 is 1.00 bits per heavy atom. The Hall–Kier alpha value is -3.43. The second-order valence-electron chi connectivity index (χ2n) is 8.25. The van der Waals surface area contributed by atoms with Gasteiger partial charge in [-0.2, -0.15) is 0 Å². The van der Waals surface area contributed by atoms with Gasteiger partial charge in [0, 0.05) is 36.8 Å². The van der Waals surface area contributed by atoms with Crippen LogP contribution < -0.4 is 31.7 Å². The van der Waals surface area contributed by atoms with Crippen molar-refractivity contribution in [2.45, 2.75) is 0 Å².